The molecule has 0 saturated carbocycles. The van der Waals surface area contributed by atoms with E-state index in [0.29, 0.717) is 17.0 Å². The van der Waals surface area contributed by atoms with Crippen LogP contribution in [0.1, 0.15) is 24.3 Å². The summed E-state index contributed by atoms with van der Waals surface area (Å²) in [6.45, 7) is 1.90. The highest BCUT2D eigenvalue weighted by molar-refractivity contribution is 6.30. The van der Waals surface area contributed by atoms with Crippen molar-refractivity contribution >= 4 is 11.6 Å². The summed E-state index contributed by atoms with van der Waals surface area (Å²) in [5, 5.41) is 3.38. The molecule has 1 fully saturated rings. The Balaban J connectivity index is 1.98. The second-order valence-corrected chi connectivity index (χ2v) is 5.83. The Morgan fingerprint density at radius 1 is 0.952 bits per heavy atom. The van der Waals surface area contributed by atoms with Crippen LogP contribution in [0.15, 0.2) is 36.4 Å². The normalized spacial score (nSPS) is 16.1. The molecule has 0 unspecified atom stereocenters. The zero-order chi connectivity index (χ0) is 14.8. The molecule has 3 rings (SSSR count). The predicted octanol–water partition coefficient (Wildman–Crippen LogP) is 4.75. The van der Waals surface area contributed by atoms with Crippen LogP contribution in [0.3, 0.4) is 0 Å². The van der Waals surface area contributed by atoms with Gasteiger partial charge in [-0.15, -0.1) is 0 Å². The number of rotatable bonds is 2. The Morgan fingerprint density at radius 2 is 1.71 bits per heavy atom. The maximum Gasteiger partial charge on any atom is 0.142 e. The maximum atomic E-state index is 13.9. The Hall–Kier alpha value is -1.45. The molecule has 0 atom stereocenters. The number of benzene rings is 2. The van der Waals surface area contributed by atoms with Crippen LogP contribution in [-0.4, -0.2) is 13.1 Å². The third kappa shape index (κ3) is 3.25. The van der Waals surface area contributed by atoms with E-state index in [2.05, 4.69) is 5.32 Å². The molecular weight excluding hydrogens is 292 g/mol. The summed E-state index contributed by atoms with van der Waals surface area (Å²) in [4.78, 5) is 0. The molecule has 110 valence electrons. The molecule has 1 nitrogen and oxygen atoms in total. The second kappa shape index (κ2) is 6.12. The van der Waals surface area contributed by atoms with Crippen LogP contribution in [0, 0.1) is 11.6 Å². The van der Waals surface area contributed by atoms with Gasteiger partial charge in [0.25, 0.3) is 0 Å². The van der Waals surface area contributed by atoms with Gasteiger partial charge in [0.2, 0.25) is 0 Å². The van der Waals surface area contributed by atoms with Gasteiger partial charge in [-0.25, -0.2) is 8.78 Å². The van der Waals surface area contributed by atoms with Gasteiger partial charge in [0.15, 0.2) is 0 Å². The summed E-state index contributed by atoms with van der Waals surface area (Å²) < 4.78 is 27.5. The van der Waals surface area contributed by atoms with Crippen molar-refractivity contribution in [3.05, 3.63) is 58.6 Å². The zero-order valence-corrected chi connectivity index (χ0v) is 12.3. The first-order valence-electron chi connectivity index (χ1n) is 7.10. The van der Waals surface area contributed by atoms with Crippen LogP contribution in [0.25, 0.3) is 11.1 Å². The number of halogens is 3. The van der Waals surface area contributed by atoms with Gasteiger partial charge in [-0.3, -0.25) is 0 Å². The molecule has 0 aromatic heterocycles. The van der Waals surface area contributed by atoms with Crippen LogP contribution in [-0.2, 0) is 0 Å². The standard InChI is InChI=1S/C17H16ClF2N/c18-16-2-1-12(10-17(16)20)14-7-13(8-15(19)9-14)11-3-5-21-6-4-11/h1-2,7-11,21H,3-6H2. The van der Waals surface area contributed by atoms with Gasteiger partial charge >= 0.3 is 0 Å². The maximum absolute atomic E-state index is 13.9. The minimum absolute atomic E-state index is 0.0775. The highest BCUT2D eigenvalue weighted by Gasteiger charge is 2.17. The SMILES string of the molecule is Fc1cc(-c2ccc(Cl)c(F)c2)cc(C2CCNCC2)c1. The van der Waals surface area contributed by atoms with E-state index in [0.717, 1.165) is 31.5 Å². The van der Waals surface area contributed by atoms with Gasteiger partial charge in [-0.05, 0) is 72.8 Å². The van der Waals surface area contributed by atoms with E-state index in [1.807, 2.05) is 6.07 Å². The summed E-state index contributed by atoms with van der Waals surface area (Å²) >= 11 is 5.70. The van der Waals surface area contributed by atoms with E-state index in [1.165, 1.54) is 18.2 Å². The van der Waals surface area contributed by atoms with Crippen molar-refractivity contribution < 1.29 is 8.78 Å². The summed E-state index contributed by atoms with van der Waals surface area (Å²) in [7, 11) is 0. The molecule has 2 aromatic rings. The van der Waals surface area contributed by atoms with Crippen LogP contribution in [0.5, 0.6) is 0 Å². The fourth-order valence-corrected chi connectivity index (χ4v) is 2.96. The molecule has 1 aliphatic heterocycles. The van der Waals surface area contributed by atoms with E-state index < -0.39 is 5.82 Å². The number of hydrogen-bond acceptors (Lipinski definition) is 1. The first-order valence-corrected chi connectivity index (χ1v) is 7.48. The van der Waals surface area contributed by atoms with Gasteiger partial charge in [0, 0.05) is 0 Å². The van der Waals surface area contributed by atoms with Crippen LogP contribution >= 0.6 is 11.6 Å². The average molecular weight is 308 g/mol. The Morgan fingerprint density at radius 3 is 2.43 bits per heavy atom. The lowest BCUT2D eigenvalue weighted by Crippen LogP contribution is -2.26. The summed E-state index contributed by atoms with van der Waals surface area (Å²) in [5.41, 5.74) is 2.33. The van der Waals surface area contributed by atoms with Gasteiger partial charge < -0.3 is 5.32 Å². The fraction of sp³-hybridized carbons (Fsp3) is 0.294. The van der Waals surface area contributed by atoms with E-state index in [1.54, 1.807) is 12.1 Å². The van der Waals surface area contributed by atoms with Crippen LogP contribution in [0.4, 0.5) is 8.78 Å². The van der Waals surface area contributed by atoms with Crippen molar-refractivity contribution in [3.8, 4) is 11.1 Å². The molecule has 1 aliphatic rings. The van der Waals surface area contributed by atoms with Gasteiger partial charge in [0.05, 0.1) is 5.02 Å². The minimum atomic E-state index is -0.484. The summed E-state index contributed by atoms with van der Waals surface area (Å²) in [6, 6.07) is 9.55. The lowest BCUT2D eigenvalue weighted by Gasteiger charge is -2.23. The smallest absolute Gasteiger partial charge is 0.142 e. The lowest BCUT2D eigenvalue weighted by molar-refractivity contribution is 0.458. The predicted molar refractivity (Wildman–Crippen MR) is 81.6 cm³/mol. The van der Waals surface area contributed by atoms with E-state index >= 15 is 0 Å². The molecule has 4 heteroatoms. The van der Waals surface area contributed by atoms with E-state index in [9.17, 15) is 8.78 Å². The Labute approximate surface area is 127 Å². The summed E-state index contributed by atoms with van der Waals surface area (Å²) in [6.07, 6.45) is 2.00. The average Bonchev–Trinajstić information content (AvgIpc) is 2.50. The van der Waals surface area contributed by atoms with Crippen molar-refractivity contribution in [2.75, 3.05) is 13.1 Å². The largest absolute Gasteiger partial charge is 0.317 e. The zero-order valence-electron chi connectivity index (χ0n) is 11.5. The van der Waals surface area contributed by atoms with Gasteiger partial charge in [-0.1, -0.05) is 23.7 Å². The highest BCUT2D eigenvalue weighted by Crippen LogP contribution is 2.31. The van der Waals surface area contributed by atoms with Gasteiger partial charge in [0.1, 0.15) is 11.6 Å². The minimum Gasteiger partial charge on any atom is -0.317 e. The molecule has 1 saturated heterocycles. The van der Waals surface area contributed by atoms with Crippen molar-refractivity contribution in [3.63, 3.8) is 0 Å². The van der Waals surface area contributed by atoms with Crippen molar-refractivity contribution in [1.29, 1.82) is 0 Å². The Bertz CT molecular complexity index is 651. The molecule has 0 radical (unpaired) electrons. The fourth-order valence-electron chi connectivity index (χ4n) is 2.85. The number of hydrogen-bond donors (Lipinski definition) is 1. The van der Waals surface area contributed by atoms with E-state index in [4.69, 9.17) is 11.6 Å². The van der Waals surface area contributed by atoms with Crippen molar-refractivity contribution in [2.24, 2.45) is 0 Å². The molecule has 2 aromatic carbocycles. The monoisotopic (exact) mass is 307 g/mol. The Kier molecular flexibility index (Phi) is 4.22. The van der Waals surface area contributed by atoms with E-state index in [-0.39, 0.29) is 10.8 Å². The topological polar surface area (TPSA) is 12.0 Å². The highest BCUT2D eigenvalue weighted by atomic mass is 35.5. The molecule has 1 N–H and O–H groups in total. The van der Waals surface area contributed by atoms with Crippen LogP contribution in [0.2, 0.25) is 5.02 Å². The quantitative estimate of drug-likeness (QED) is 0.844. The van der Waals surface area contributed by atoms with Crippen molar-refractivity contribution in [1.82, 2.24) is 5.32 Å². The first kappa shape index (κ1) is 14.5. The molecule has 0 spiro atoms. The first-order chi connectivity index (χ1) is 10.1. The second-order valence-electron chi connectivity index (χ2n) is 5.43. The van der Waals surface area contributed by atoms with Crippen molar-refractivity contribution in [2.45, 2.75) is 18.8 Å². The number of nitrogens with one attached hydrogen (secondary N) is 1. The molecule has 0 aliphatic carbocycles. The molecule has 0 amide bonds. The summed E-state index contributed by atoms with van der Waals surface area (Å²) in [5.74, 6) is -0.406. The molecule has 0 bridgehead atoms. The third-order valence-corrected chi connectivity index (χ3v) is 4.29. The molecule has 1 heterocycles. The van der Waals surface area contributed by atoms with Gasteiger partial charge in [-0.2, -0.15) is 0 Å². The molecule has 21 heavy (non-hydrogen) atoms. The number of piperidine rings is 1. The lowest BCUT2D eigenvalue weighted by atomic mass is 9.88. The third-order valence-electron chi connectivity index (χ3n) is 3.98. The molecular formula is C17H16ClF2N. The van der Waals surface area contributed by atoms with Crippen LogP contribution < -0.4 is 5.32 Å².